The third kappa shape index (κ3) is 2.27. The van der Waals surface area contributed by atoms with Crippen LogP contribution in [-0.2, 0) is 24.4 Å². The molecule has 2 fully saturated rings. The molecular formula is C17H23N3O. The fourth-order valence-electron chi connectivity index (χ4n) is 4.49. The molecule has 1 aromatic rings. The van der Waals surface area contributed by atoms with Crippen LogP contribution in [0.25, 0.3) is 0 Å². The Morgan fingerprint density at radius 2 is 2.05 bits per heavy atom. The Morgan fingerprint density at radius 1 is 1.24 bits per heavy atom. The molecule has 4 nitrogen and oxygen atoms in total. The Bertz CT molecular complexity index is 569. The second-order valence-corrected chi connectivity index (χ2v) is 6.86. The molecule has 3 aliphatic rings. The van der Waals surface area contributed by atoms with E-state index in [0.717, 1.165) is 19.5 Å². The van der Waals surface area contributed by atoms with Gasteiger partial charge in [0.15, 0.2) is 0 Å². The first-order valence-electron chi connectivity index (χ1n) is 8.07. The summed E-state index contributed by atoms with van der Waals surface area (Å²) in [6.45, 7) is 2.52. The van der Waals surface area contributed by atoms with E-state index in [2.05, 4.69) is 28.8 Å². The Balaban J connectivity index is 1.39. The maximum Gasteiger partial charge on any atom is 0.225 e. The molecule has 1 aromatic carbocycles. The molecule has 2 saturated carbocycles. The number of hydrogen-bond donors (Lipinski definition) is 3. The predicted molar refractivity (Wildman–Crippen MR) is 81.1 cm³/mol. The number of hydrogen-bond acceptors (Lipinski definition) is 3. The number of nitrogens with two attached hydrogens (primary N) is 1. The summed E-state index contributed by atoms with van der Waals surface area (Å²) < 4.78 is 0. The summed E-state index contributed by atoms with van der Waals surface area (Å²) in [7, 11) is 0. The molecule has 0 spiro atoms. The van der Waals surface area contributed by atoms with Crippen molar-refractivity contribution in [2.75, 3.05) is 0 Å². The SMILES string of the molecule is NC1C2CCC(C2)C1C(=O)NCc1ccc2c(c1)CNC2. The summed E-state index contributed by atoms with van der Waals surface area (Å²) in [5.74, 6) is 1.30. The van der Waals surface area contributed by atoms with Crippen LogP contribution in [0.1, 0.15) is 36.0 Å². The number of nitrogens with one attached hydrogen (secondary N) is 2. The molecule has 4 unspecified atom stereocenters. The van der Waals surface area contributed by atoms with Gasteiger partial charge in [-0.05, 0) is 47.8 Å². The number of carbonyl (C=O) groups is 1. The quantitative estimate of drug-likeness (QED) is 0.784. The molecule has 2 aliphatic carbocycles. The van der Waals surface area contributed by atoms with Crippen LogP contribution in [0.2, 0.25) is 0 Å². The zero-order valence-electron chi connectivity index (χ0n) is 12.3. The fraction of sp³-hybridized carbons (Fsp3) is 0.588. The maximum absolute atomic E-state index is 12.4. The van der Waals surface area contributed by atoms with Gasteiger partial charge in [0.2, 0.25) is 5.91 Å². The molecular weight excluding hydrogens is 262 g/mol. The molecule has 2 bridgehead atoms. The van der Waals surface area contributed by atoms with Crippen molar-refractivity contribution in [3.63, 3.8) is 0 Å². The van der Waals surface area contributed by atoms with Crippen molar-refractivity contribution in [1.82, 2.24) is 10.6 Å². The van der Waals surface area contributed by atoms with E-state index >= 15 is 0 Å². The topological polar surface area (TPSA) is 67.2 Å². The highest BCUT2D eigenvalue weighted by molar-refractivity contribution is 5.80. The molecule has 1 amide bonds. The molecule has 21 heavy (non-hydrogen) atoms. The molecule has 0 aromatic heterocycles. The van der Waals surface area contributed by atoms with Gasteiger partial charge < -0.3 is 16.4 Å². The van der Waals surface area contributed by atoms with Crippen molar-refractivity contribution < 1.29 is 4.79 Å². The average molecular weight is 285 g/mol. The molecule has 4 heteroatoms. The number of benzene rings is 1. The smallest absolute Gasteiger partial charge is 0.225 e. The van der Waals surface area contributed by atoms with Crippen molar-refractivity contribution >= 4 is 5.91 Å². The van der Waals surface area contributed by atoms with E-state index in [4.69, 9.17) is 5.73 Å². The highest BCUT2D eigenvalue weighted by Gasteiger charge is 2.48. The first kappa shape index (κ1) is 13.3. The second kappa shape index (κ2) is 5.11. The third-order valence-corrected chi connectivity index (χ3v) is 5.65. The highest BCUT2D eigenvalue weighted by Crippen LogP contribution is 2.47. The minimum atomic E-state index is 0.0415. The Labute approximate surface area is 125 Å². The van der Waals surface area contributed by atoms with Crippen LogP contribution < -0.4 is 16.4 Å². The van der Waals surface area contributed by atoms with Gasteiger partial charge in [0.1, 0.15) is 0 Å². The largest absolute Gasteiger partial charge is 0.352 e. The molecule has 4 rings (SSSR count). The fourth-order valence-corrected chi connectivity index (χ4v) is 4.49. The third-order valence-electron chi connectivity index (χ3n) is 5.65. The van der Waals surface area contributed by atoms with Crippen molar-refractivity contribution in [2.45, 2.75) is 44.9 Å². The lowest BCUT2D eigenvalue weighted by Gasteiger charge is -2.27. The second-order valence-electron chi connectivity index (χ2n) is 6.86. The van der Waals surface area contributed by atoms with Gasteiger partial charge >= 0.3 is 0 Å². The van der Waals surface area contributed by atoms with Crippen molar-refractivity contribution in [3.05, 3.63) is 34.9 Å². The summed E-state index contributed by atoms with van der Waals surface area (Å²) in [4.78, 5) is 12.4. The van der Waals surface area contributed by atoms with Gasteiger partial charge in [0.05, 0.1) is 5.92 Å². The maximum atomic E-state index is 12.4. The summed E-state index contributed by atoms with van der Waals surface area (Å²) in [5, 5.41) is 6.45. The van der Waals surface area contributed by atoms with E-state index < -0.39 is 0 Å². The zero-order chi connectivity index (χ0) is 14.4. The van der Waals surface area contributed by atoms with E-state index in [1.54, 1.807) is 0 Å². The van der Waals surface area contributed by atoms with E-state index in [1.165, 1.54) is 29.5 Å². The number of carbonyl (C=O) groups excluding carboxylic acids is 1. The number of fused-ring (bicyclic) bond motifs is 3. The standard InChI is InChI=1S/C17H23N3O/c18-16-12-4-3-11(6-12)15(16)17(21)20-7-10-1-2-13-8-19-9-14(13)5-10/h1-2,5,11-12,15-16,19H,3-4,6-9,18H2,(H,20,21). The van der Waals surface area contributed by atoms with Gasteiger partial charge in [-0.1, -0.05) is 18.2 Å². The predicted octanol–water partition coefficient (Wildman–Crippen LogP) is 1.28. The number of rotatable bonds is 3. The van der Waals surface area contributed by atoms with Gasteiger partial charge in [0.25, 0.3) is 0 Å². The molecule has 0 saturated heterocycles. The van der Waals surface area contributed by atoms with Gasteiger partial charge in [-0.15, -0.1) is 0 Å². The number of amides is 1. The molecule has 1 heterocycles. The normalized spacial score (nSPS) is 33.2. The van der Waals surface area contributed by atoms with Gasteiger partial charge in [-0.3, -0.25) is 4.79 Å². The van der Waals surface area contributed by atoms with Crippen molar-refractivity contribution in [3.8, 4) is 0 Å². The lowest BCUT2D eigenvalue weighted by molar-refractivity contribution is -0.127. The van der Waals surface area contributed by atoms with Crippen LogP contribution in [0.3, 0.4) is 0 Å². The van der Waals surface area contributed by atoms with Gasteiger partial charge in [0, 0.05) is 25.7 Å². The lowest BCUT2D eigenvalue weighted by atomic mass is 9.84. The summed E-state index contributed by atoms with van der Waals surface area (Å²) in [5.41, 5.74) is 10.2. The lowest BCUT2D eigenvalue weighted by Crippen LogP contribution is -2.45. The minimum absolute atomic E-state index is 0.0415. The summed E-state index contributed by atoms with van der Waals surface area (Å²) in [6.07, 6.45) is 3.55. The van der Waals surface area contributed by atoms with Crippen LogP contribution in [-0.4, -0.2) is 11.9 Å². The van der Waals surface area contributed by atoms with Crippen LogP contribution in [0.15, 0.2) is 18.2 Å². The summed E-state index contributed by atoms with van der Waals surface area (Å²) in [6, 6.07) is 6.57. The van der Waals surface area contributed by atoms with Crippen molar-refractivity contribution in [1.29, 1.82) is 0 Å². The molecule has 112 valence electrons. The van der Waals surface area contributed by atoms with Crippen LogP contribution in [0, 0.1) is 17.8 Å². The van der Waals surface area contributed by atoms with E-state index in [0.29, 0.717) is 18.4 Å². The monoisotopic (exact) mass is 285 g/mol. The van der Waals surface area contributed by atoms with Gasteiger partial charge in [-0.25, -0.2) is 0 Å². The zero-order valence-corrected chi connectivity index (χ0v) is 12.3. The minimum Gasteiger partial charge on any atom is -0.352 e. The van der Waals surface area contributed by atoms with Crippen LogP contribution >= 0.6 is 0 Å². The molecule has 1 aliphatic heterocycles. The van der Waals surface area contributed by atoms with E-state index in [-0.39, 0.29) is 17.9 Å². The van der Waals surface area contributed by atoms with Gasteiger partial charge in [-0.2, -0.15) is 0 Å². The molecule has 4 N–H and O–H groups in total. The van der Waals surface area contributed by atoms with Crippen molar-refractivity contribution in [2.24, 2.45) is 23.5 Å². The first-order valence-corrected chi connectivity index (χ1v) is 8.07. The van der Waals surface area contributed by atoms with E-state index in [1.807, 2.05) is 0 Å². The Hall–Kier alpha value is -1.39. The Kier molecular flexibility index (Phi) is 3.23. The molecule has 0 radical (unpaired) electrons. The average Bonchev–Trinajstić information content (AvgIpc) is 3.19. The first-order chi connectivity index (χ1) is 10.2. The summed E-state index contributed by atoms with van der Waals surface area (Å²) >= 11 is 0. The highest BCUT2D eigenvalue weighted by atomic mass is 16.1. The van der Waals surface area contributed by atoms with Crippen LogP contribution in [0.5, 0.6) is 0 Å². The molecule has 4 atom stereocenters. The Morgan fingerprint density at radius 3 is 2.86 bits per heavy atom. The van der Waals surface area contributed by atoms with E-state index in [9.17, 15) is 4.79 Å². The van der Waals surface area contributed by atoms with Crippen LogP contribution in [0.4, 0.5) is 0 Å².